The average Bonchev–Trinajstić information content (AvgIpc) is 2.02. The Balaban J connectivity index is 3.94. The van der Waals surface area contributed by atoms with Gasteiger partial charge in [0.05, 0.1) is 19.8 Å². The third-order valence-corrected chi connectivity index (χ3v) is 1.86. The van der Waals surface area contributed by atoms with E-state index in [4.69, 9.17) is 10.2 Å². The van der Waals surface area contributed by atoms with Crippen molar-refractivity contribution in [2.45, 2.75) is 13.3 Å². The molecule has 0 bridgehead atoms. The molecular formula is C8H17F2NO2. The molecule has 13 heavy (non-hydrogen) atoms. The predicted molar refractivity (Wildman–Crippen MR) is 45.8 cm³/mol. The van der Waals surface area contributed by atoms with Gasteiger partial charge in [-0.25, -0.2) is 8.78 Å². The number of aliphatic hydroxyl groups excluding tert-OH is 2. The van der Waals surface area contributed by atoms with E-state index in [1.54, 1.807) is 6.92 Å². The second-order valence-electron chi connectivity index (χ2n) is 3.71. The van der Waals surface area contributed by atoms with Crippen LogP contribution in [0.3, 0.4) is 0 Å². The van der Waals surface area contributed by atoms with Gasteiger partial charge >= 0.3 is 0 Å². The Morgan fingerprint density at radius 1 is 1.31 bits per heavy atom. The number of rotatable bonds is 6. The molecule has 0 saturated carbocycles. The van der Waals surface area contributed by atoms with Crippen molar-refractivity contribution < 1.29 is 19.0 Å². The van der Waals surface area contributed by atoms with Gasteiger partial charge in [-0.05, 0) is 7.05 Å². The van der Waals surface area contributed by atoms with Crippen LogP contribution in [0.25, 0.3) is 0 Å². The first-order valence-corrected chi connectivity index (χ1v) is 4.12. The number of halogens is 2. The molecule has 3 nitrogen and oxygen atoms in total. The molecule has 0 heterocycles. The van der Waals surface area contributed by atoms with Crippen LogP contribution in [0.2, 0.25) is 0 Å². The Morgan fingerprint density at radius 2 is 1.77 bits per heavy atom. The number of hydrogen-bond donors (Lipinski definition) is 2. The van der Waals surface area contributed by atoms with Gasteiger partial charge in [-0.1, -0.05) is 6.92 Å². The monoisotopic (exact) mass is 197 g/mol. The van der Waals surface area contributed by atoms with Crippen LogP contribution in [0.1, 0.15) is 6.92 Å². The summed E-state index contributed by atoms with van der Waals surface area (Å²) in [7, 11) is 1.54. The molecule has 0 atom stereocenters. The normalized spacial score (nSPS) is 12.9. The van der Waals surface area contributed by atoms with Gasteiger partial charge in [0.1, 0.15) is 0 Å². The van der Waals surface area contributed by atoms with Gasteiger partial charge in [-0.2, -0.15) is 0 Å². The molecule has 5 heteroatoms. The lowest BCUT2D eigenvalue weighted by molar-refractivity contribution is 0.0224. The van der Waals surface area contributed by atoms with Crippen molar-refractivity contribution in [3.63, 3.8) is 0 Å². The number of aliphatic hydroxyl groups is 2. The van der Waals surface area contributed by atoms with Crippen LogP contribution in [0.4, 0.5) is 8.78 Å². The summed E-state index contributed by atoms with van der Waals surface area (Å²) in [5.74, 6) is 0. The van der Waals surface area contributed by atoms with Crippen LogP contribution < -0.4 is 0 Å². The van der Waals surface area contributed by atoms with Gasteiger partial charge in [-0.15, -0.1) is 0 Å². The summed E-state index contributed by atoms with van der Waals surface area (Å²) in [5.41, 5.74) is -0.705. The summed E-state index contributed by atoms with van der Waals surface area (Å²) >= 11 is 0. The van der Waals surface area contributed by atoms with E-state index in [-0.39, 0.29) is 26.3 Å². The van der Waals surface area contributed by atoms with Crippen molar-refractivity contribution in [2.24, 2.45) is 5.41 Å². The minimum atomic E-state index is -2.38. The Morgan fingerprint density at radius 3 is 2.08 bits per heavy atom. The fourth-order valence-corrected chi connectivity index (χ4v) is 1.10. The number of alkyl halides is 2. The number of nitrogens with zero attached hydrogens (tertiary/aromatic N) is 1. The van der Waals surface area contributed by atoms with Crippen LogP contribution in [0, 0.1) is 5.41 Å². The third kappa shape index (κ3) is 5.13. The molecule has 2 N–H and O–H groups in total. The molecular weight excluding hydrogens is 180 g/mol. The largest absolute Gasteiger partial charge is 0.396 e. The van der Waals surface area contributed by atoms with Crippen molar-refractivity contribution in [2.75, 3.05) is 33.4 Å². The van der Waals surface area contributed by atoms with Crippen LogP contribution in [0.5, 0.6) is 0 Å². The van der Waals surface area contributed by atoms with Crippen LogP contribution in [0.15, 0.2) is 0 Å². The zero-order chi connectivity index (χ0) is 10.5. The highest BCUT2D eigenvalue weighted by molar-refractivity contribution is 4.75. The van der Waals surface area contributed by atoms with Crippen molar-refractivity contribution in [1.82, 2.24) is 4.90 Å². The van der Waals surface area contributed by atoms with E-state index in [0.29, 0.717) is 0 Å². The molecule has 0 rings (SSSR count). The van der Waals surface area contributed by atoms with Gasteiger partial charge in [0, 0.05) is 12.0 Å². The second-order valence-corrected chi connectivity index (χ2v) is 3.71. The smallest absolute Gasteiger partial charge is 0.251 e. The minimum absolute atomic E-state index is 0.211. The molecule has 0 aliphatic rings. The van der Waals surface area contributed by atoms with E-state index in [0.717, 1.165) is 0 Å². The Kier molecular flexibility index (Phi) is 5.36. The van der Waals surface area contributed by atoms with Crippen molar-refractivity contribution >= 4 is 0 Å². The molecule has 0 aliphatic carbocycles. The molecule has 0 aliphatic heterocycles. The zero-order valence-electron chi connectivity index (χ0n) is 8.00. The first-order chi connectivity index (χ1) is 5.93. The number of hydrogen-bond acceptors (Lipinski definition) is 3. The quantitative estimate of drug-likeness (QED) is 0.638. The van der Waals surface area contributed by atoms with Gasteiger partial charge in [0.2, 0.25) is 0 Å². The van der Waals surface area contributed by atoms with Gasteiger partial charge < -0.3 is 15.1 Å². The summed E-state index contributed by atoms with van der Waals surface area (Å²) < 4.78 is 23.8. The van der Waals surface area contributed by atoms with Gasteiger partial charge in [0.25, 0.3) is 6.43 Å². The topological polar surface area (TPSA) is 43.7 Å². The van der Waals surface area contributed by atoms with E-state index < -0.39 is 11.8 Å². The first kappa shape index (κ1) is 12.7. The van der Waals surface area contributed by atoms with E-state index >= 15 is 0 Å². The lowest BCUT2D eigenvalue weighted by Gasteiger charge is -2.30. The fraction of sp³-hybridized carbons (Fsp3) is 1.00. The van der Waals surface area contributed by atoms with E-state index in [1.807, 2.05) is 0 Å². The Hall–Kier alpha value is -0.260. The fourth-order valence-electron chi connectivity index (χ4n) is 1.10. The van der Waals surface area contributed by atoms with Crippen LogP contribution in [-0.2, 0) is 0 Å². The molecule has 0 amide bonds. The van der Waals surface area contributed by atoms with Crippen LogP contribution in [-0.4, -0.2) is 54.9 Å². The maximum Gasteiger partial charge on any atom is 0.251 e. The molecule has 0 saturated heterocycles. The molecule has 0 aromatic rings. The highest BCUT2D eigenvalue weighted by Crippen LogP contribution is 2.15. The molecule has 0 fully saturated rings. The molecule has 80 valence electrons. The maximum absolute atomic E-state index is 11.9. The lowest BCUT2D eigenvalue weighted by Crippen LogP contribution is -2.40. The maximum atomic E-state index is 11.9. The Bertz CT molecular complexity index is 140. The summed E-state index contributed by atoms with van der Waals surface area (Å²) in [6.07, 6.45) is -2.38. The van der Waals surface area contributed by atoms with Crippen molar-refractivity contribution in [3.8, 4) is 0 Å². The average molecular weight is 197 g/mol. The minimum Gasteiger partial charge on any atom is -0.396 e. The van der Waals surface area contributed by atoms with Crippen molar-refractivity contribution in [3.05, 3.63) is 0 Å². The molecule has 0 spiro atoms. The lowest BCUT2D eigenvalue weighted by atomic mass is 9.92. The molecule has 0 radical (unpaired) electrons. The molecule has 0 aromatic carbocycles. The third-order valence-electron chi connectivity index (χ3n) is 1.86. The highest BCUT2D eigenvalue weighted by atomic mass is 19.3. The first-order valence-electron chi connectivity index (χ1n) is 4.12. The SMILES string of the molecule is CN(CC(F)F)CC(C)(CO)CO. The van der Waals surface area contributed by atoms with Crippen LogP contribution >= 0.6 is 0 Å². The molecule has 0 unspecified atom stereocenters. The standard InChI is InChI=1S/C8H17F2NO2/c1-8(5-12,6-13)4-11(2)3-7(9)10/h7,12-13H,3-6H2,1-2H3. The van der Waals surface area contributed by atoms with Crippen molar-refractivity contribution in [1.29, 1.82) is 0 Å². The van der Waals surface area contributed by atoms with E-state index in [9.17, 15) is 8.78 Å². The van der Waals surface area contributed by atoms with Gasteiger partial charge in [-0.3, -0.25) is 0 Å². The zero-order valence-corrected chi connectivity index (χ0v) is 8.00. The second kappa shape index (κ2) is 5.47. The molecule has 0 aromatic heterocycles. The summed E-state index contributed by atoms with van der Waals surface area (Å²) in [5, 5.41) is 17.8. The van der Waals surface area contributed by atoms with E-state index in [1.165, 1.54) is 11.9 Å². The summed E-state index contributed by atoms with van der Waals surface area (Å²) in [6, 6.07) is 0. The predicted octanol–water partition coefficient (Wildman–Crippen LogP) is 0.174. The summed E-state index contributed by atoms with van der Waals surface area (Å²) in [6.45, 7) is 1.14. The highest BCUT2D eigenvalue weighted by Gasteiger charge is 2.25. The Labute approximate surface area is 77.0 Å². The van der Waals surface area contributed by atoms with Gasteiger partial charge in [0.15, 0.2) is 0 Å². The van der Waals surface area contributed by atoms with E-state index in [2.05, 4.69) is 0 Å². The summed E-state index contributed by atoms with van der Waals surface area (Å²) in [4.78, 5) is 1.40.